The van der Waals surface area contributed by atoms with Gasteiger partial charge < -0.3 is 9.47 Å². The Morgan fingerprint density at radius 3 is 2.50 bits per heavy atom. The van der Waals surface area contributed by atoms with E-state index in [0.717, 1.165) is 12.8 Å². The number of ether oxygens (including phenoxy) is 2. The molecule has 0 amide bonds. The molecular formula is C17H24O3. The molecular weight excluding hydrogens is 252 g/mol. The molecule has 1 aliphatic rings. The average molecular weight is 276 g/mol. The van der Waals surface area contributed by atoms with Crippen LogP contribution in [0, 0.1) is 11.3 Å². The van der Waals surface area contributed by atoms with E-state index in [0.29, 0.717) is 19.1 Å². The minimum atomic E-state index is -0.400. The van der Waals surface area contributed by atoms with Crippen LogP contribution in [-0.2, 0) is 20.9 Å². The molecule has 2 rings (SSSR count). The van der Waals surface area contributed by atoms with Crippen LogP contribution < -0.4 is 0 Å². The van der Waals surface area contributed by atoms with Gasteiger partial charge in [0, 0.05) is 0 Å². The summed E-state index contributed by atoms with van der Waals surface area (Å²) in [5.41, 5.74) is 0.795. The van der Waals surface area contributed by atoms with E-state index < -0.39 is 5.41 Å². The molecule has 0 aliphatic heterocycles. The molecule has 0 spiro atoms. The average Bonchev–Trinajstić information content (AvgIpc) is 2.38. The predicted molar refractivity (Wildman–Crippen MR) is 78.2 cm³/mol. The summed E-state index contributed by atoms with van der Waals surface area (Å²) in [5.74, 6) is 0.272. The first-order chi connectivity index (χ1) is 9.54. The van der Waals surface area contributed by atoms with Gasteiger partial charge in [-0.2, -0.15) is 0 Å². The Bertz CT molecular complexity index is 433. The molecule has 20 heavy (non-hydrogen) atoms. The number of rotatable bonds is 6. The lowest BCUT2D eigenvalue weighted by Gasteiger charge is -2.43. The van der Waals surface area contributed by atoms with Gasteiger partial charge in [0.1, 0.15) is 0 Å². The molecule has 1 aromatic carbocycles. The van der Waals surface area contributed by atoms with Crippen LogP contribution in [0.15, 0.2) is 30.3 Å². The molecule has 0 N–H and O–H groups in total. The van der Waals surface area contributed by atoms with Crippen LogP contribution in [0.3, 0.4) is 0 Å². The van der Waals surface area contributed by atoms with Crippen molar-refractivity contribution in [3.05, 3.63) is 35.9 Å². The molecule has 1 aromatic rings. The number of hydrogen-bond acceptors (Lipinski definition) is 3. The van der Waals surface area contributed by atoms with Crippen molar-refractivity contribution in [2.75, 3.05) is 6.61 Å². The lowest BCUT2D eigenvalue weighted by Crippen LogP contribution is -2.45. The standard InChI is InChI=1S/C17H24O3/c1-4-19-16(18)17(2,3)14-10-15(11-14)20-12-13-8-6-5-7-9-13/h5-9,14-15H,4,10-12H2,1-3H3. The van der Waals surface area contributed by atoms with Gasteiger partial charge in [-0.05, 0) is 45.1 Å². The minimum absolute atomic E-state index is 0.0912. The highest BCUT2D eigenvalue weighted by atomic mass is 16.5. The van der Waals surface area contributed by atoms with Crippen LogP contribution >= 0.6 is 0 Å². The Hall–Kier alpha value is -1.35. The Morgan fingerprint density at radius 2 is 1.90 bits per heavy atom. The predicted octanol–water partition coefficient (Wildman–Crippen LogP) is 3.57. The first-order valence-corrected chi connectivity index (χ1v) is 7.36. The molecule has 0 atom stereocenters. The zero-order chi connectivity index (χ0) is 14.6. The summed E-state index contributed by atoms with van der Waals surface area (Å²) in [6.45, 7) is 6.90. The van der Waals surface area contributed by atoms with Crippen molar-refractivity contribution in [1.82, 2.24) is 0 Å². The molecule has 3 nitrogen and oxygen atoms in total. The molecule has 0 saturated heterocycles. The van der Waals surface area contributed by atoms with Crippen LogP contribution in [0.4, 0.5) is 0 Å². The molecule has 3 heteroatoms. The number of benzene rings is 1. The molecule has 0 aromatic heterocycles. The van der Waals surface area contributed by atoms with Gasteiger partial charge >= 0.3 is 5.97 Å². The number of carbonyl (C=O) groups is 1. The number of carbonyl (C=O) groups excluding carboxylic acids is 1. The summed E-state index contributed by atoms with van der Waals surface area (Å²) in [6.07, 6.45) is 2.16. The van der Waals surface area contributed by atoms with Crippen molar-refractivity contribution >= 4 is 5.97 Å². The maximum atomic E-state index is 11.9. The van der Waals surface area contributed by atoms with Gasteiger partial charge in [0.05, 0.1) is 24.7 Å². The second-order valence-electron chi connectivity index (χ2n) is 6.03. The maximum absolute atomic E-state index is 11.9. The van der Waals surface area contributed by atoms with Crippen LogP contribution in [0.25, 0.3) is 0 Å². The van der Waals surface area contributed by atoms with Crippen LogP contribution in [0.5, 0.6) is 0 Å². The third-order valence-corrected chi connectivity index (χ3v) is 4.25. The first kappa shape index (κ1) is 15.0. The second kappa shape index (κ2) is 6.40. The smallest absolute Gasteiger partial charge is 0.311 e. The minimum Gasteiger partial charge on any atom is -0.466 e. The fraction of sp³-hybridized carbons (Fsp3) is 0.588. The van der Waals surface area contributed by atoms with Gasteiger partial charge in [0.15, 0.2) is 0 Å². The third kappa shape index (κ3) is 3.40. The molecule has 1 saturated carbocycles. The van der Waals surface area contributed by atoms with E-state index in [1.54, 1.807) is 0 Å². The van der Waals surface area contributed by atoms with E-state index in [1.165, 1.54) is 5.56 Å². The first-order valence-electron chi connectivity index (χ1n) is 7.36. The molecule has 0 bridgehead atoms. The Balaban J connectivity index is 1.75. The molecule has 0 unspecified atom stereocenters. The SMILES string of the molecule is CCOC(=O)C(C)(C)C1CC(OCc2ccccc2)C1. The van der Waals surface area contributed by atoms with Crippen LogP contribution in [0.2, 0.25) is 0 Å². The lowest BCUT2D eigenvalue weighted by atomic mass is 9.66. The summed E-state index contributed by atoms with van der Waals surface area (Å²) in [5, 5.41) is 0. The van der Waals surface area contributed by atoms with E-state index in [2.05, 4.69) is 12.1 Å². The number of hydrogen-bond donors (Lipinski definition) is 0. The molecule has 1 fully saturated rings. The van der Waals surface area contributed by atoms with Gasteiger partial charge in [0.2, 0.25) is 0 Å². The second-order valence-corrected chi connectivity index (χ2v) is 6.03. The monoisotopic (exact) mass is 276 g/mol. The van der Waals surface area contributed by atoms with Crippen LogP contribution in [0.1, 0.15) is 39.2 Å². The van der Waals surface area contributed by atoms with Gasteiger partial charge in [-0.1, -0.05) is 30.3 Å². The van der Waals surface area contributed by atoms with E-state index in [9.17, 15) is 4.79 Å². The zero-order valence-corrected chi connectivity index (χ0v) is 12.6. The summed E-state index contributed by atoms with van der Waals surface area (Å²) in [4.78, 5) is 11.9. The van der Waals surface area contributed by atoms with E-state index in [1.807, 2.05) is 39.0 Å². The molecule has 0 heterocycles. The summed E-state index contributed by atoms with van der Waals surface area (Å²) in [6, 6.07) is 10.2. The number of esters is 1. The van der Waals surface area contributed by atoms with Gasteiger partial charge in [-0.15, -0.1) is 0 Å². The van der Waals surface area contributed by atoms with Crippen molar-refractivity contribution in [2.24, 2.45) is 11.3 Å². The Kier molecular flexibility index (Phi) is 4.81. The summed E-state index contributed by atoms with van der Waals surface area (Å²) in [7, 11) is 0. The topological polar surface area (TPSA) is 35.5 Å². The fourth-order valence-corrected chi connectivity index (χ4v) is 2.56. The lowest BCUT2D eigenvalue weighted by molar-refractivity contribution is -0.164. The van der Waals surface area contributed by atoms with Crippen molar-refractivity contribution in [2.45, 2.75) is 46.3 Å². The zero-order valence-electron chi connectivity index (χ0n) is 12.6. The molecule has 1 aliphatic carbocycles. The highest BCUT2D eigenvalue weighted by molar-refractivity contribution is 5.76. The Morgan fingerprint density at radius 1 is 1.25 bits per heavy atom. The normalized spacial score (nSPS) is 22.1. The van der Waals surface area contributed by atoms with Crippen molar-refractivity contribution in [3.63, 3.8) is 0 Å². The summed E-state index contributed by atoms with van der Waals surface area (Å²) >= 11 is 0. The van der Waals surface area contributed by atoms with E-state index in [4.69, 9.17) is 9.47 Å². The van der Waals surface area contributed by atoms with Crippen molar-refractivity contribution in [3.8, 4) is 0 Å². The Labute approximate surface area is 121 Å². The highest BCUT2D eigenvalue weighted by Gasteiger charge is 2.45. The van der Waals surface area contributed by atoms with Crippen LogP contribution in [-0.4, -0.2) is 18.7 Å². The van der Waals surface area contributed by atoms with Crippen molar-refractivity contribution < 1.29 is 14.3 Å². The van der Waals surface area contributed by atoms with Gasteiger partial charge in [-0.3, -0.25) is 4.79 Å². The maximum Gasteiger partial charge on any atom is 0.311 e. The molecule has 0 radical (unpaired) electrons. The quantitative estimate of drug-likeness (QED) is 0.745. The molecule has 110 valence electrons. The van der Waals surface area contributed by atoms with E-state index in [-0.39, 0.29) is 12.1 Å². The van der Waals surface area contributed by atoms with Crippen molar-refractivity contribution in [1.29, 1.82) is 0 Å². The van der Waals surface area contributed by atoms with E-state index >= 15 is 0 Å². The third-order valence-electron chi connectivity index (χ3n) is 4.25. The summed E-state index contributed by atoms with van der Waals surface area (Å²) < 4.78 is 11.0. The fourth-order valence-electron chi connectivity index (χ4n) is 2.56. The highest BCUT2D eigenvalue weighted by Crippen LogP contribution is 2.44. The largest absolute Gasteiger partial charge is 0.466 e. The van der Waals surface area contributed by atoms with Gasteiger partial charge in [-0.25, -0.2) is 0 Å². The van der Waals surface area contributed by atoms with Gasteiger partial charge in [0.25, 0.3) is 0 Å².